The lowest BCUT2D eigenvalue weighted by atomic mass is 10.2. The monoisotopic (exact) mass is 370 g/mol. The van der Waals surface area contributed by atoms with E-state index in [-0.39, 0.29) is 24.4 Å². The molecule has 0 fully saturated rings. The molecule has 2 rings (SSSR count). The molecule has 0 aliphatic heterocycles. The number of anilines is 2. The molecule has 0 heterocycles. The number of hydrogen-bond donors (Lipinski definition) is 2. The number of benzene rings is 2. The van der Waals surface area contributed by atoms with Gasteiger partial charge in [-0.05, 0) is 42.5 Å². The molecule has 0 radical (unpaired) electrons. The van der Waals surface area contributed by atoms with Gasteiger partial charge in [0, 0.05) is 29.2 Å². The Bertz CT molecular complexity index is 761. The summed E-state index contributed by atoms with van der Waals surface area (Å²) in [5, 5.41) is 5.46. The van der Waals surface area contributed by atoms with E-state index in [1.807, 2.05) is 0 Å². The van der Waals surface area contributed by atoms with Crippen LogP contribution in [0.2, 0.25) is 5.02 Å². The average Bonchev–Trinajstić information content (AvgIpc) is 2.55. The molecule has 0 aliphatic carbocycles. The summed E-state index contributed by atoms with van der Waals surface area (Å²) in [5.74, 6) is -0.938. The van der Waals surface area contributed by atoms with Gasteiger partial charge >= 0.3 is 6.18 Å². The van der Waals surface area contributed by atoms with Crippen LogP contribution >= 0.6 is 11.6 Å². The van der Waals surface area contributed by atoms with E-state index < -0.39 is 17.6 Å². The van der Waals surface area contributed by atoms with E-state index in [4.69, 9.17) is 11.6 Å². The van der Waals surface area contributed by atoms with Crippen molar-refractivity contribution >= 4 is 34.8 Å². The van der Waals surface area contributed by atoms with Crippen molar-refractivity contribution < 1.29 is 22.8 Å². The van der Waals surface area contributed by atoms with E-state index in [9.17, 15) is 22.8 Å². The minimum absolute atomic E-state index is 0.0259. The van der Waals surface area contributed by atoms with Crippen molar-refractivity contribution in [2.75, 3.05) is 10.6 Å². The van der Waals surface area contributed by atoms with Crippen LogP contribution in [-0.2, 0) is 15.8 Å². The first-order valence-corrected chi connectivity index (χ1v) is 7.64. The van der Waals surface area contributed by atoms with E-state index in [0.29, 0.717) is 10.7 Å². The van der Waals surface area contributed by atoms with Gasteiger partial charge in [-0.3, -0.25) is 9.59 Å². The zero-order valence-corrected chi connectivity index (χ0v) is 13.6. The second-order valence-corrected chi connectivity index (χ2v) is 5.62. The van der Waals surface area contributed by atoms with Crippen LogP contribution in [0.15, 0.2) is 48.5 Å². The minimum Gasteiger partial charge on any atom is -0.326 e. The van der Waals surface area contributed by atoms with Gasteiger partial charge < -0.3 is 10.6 Å². The molecule has 0 bridgehead atoms. The van der Waals surface area contributed by atoms with Crippen molar-refractivity contribution in [3.05, 3.63) is 59.1 Å². The molecule has 2 aromatic carbocycles. The minimum atomic E-state index is -4.49. The van der Waals surface area contributed by atoms with Gasteiger partial charge in [0.05, 0.1) is 5.56 Å². The van der Waals surface area contributed by atoms with Crippen molar-refractivity contribution in [3.63, 3.8) is 0 Å². The lowest BCUT2D eigenvalue weighted by Gasteiger charge is -2.10. The molecule has 2 N–H and O–H groups in total. The Balaban J connectivity index is 1.84. The summed E-state index contributed by atoms with van der Waals surface area (Å²) in [5.41, 5.74) is -0.295. The summed E-state index contributed by atoms with van der Waals surface area (Å²) < 4.78 is 37.9. The Hall–Kier alpha value is -2.54. The van der Waals surface area contributed by atoms with Gasteiger partial charge in [-0.2, -0.15) is 13.2 Å². The lowest BCUT2D eigenvalue weighted by molar-refractivity contribution is -0.137. The highest BCUT2D eigenvalue weighted by molar-refractivity contribution is 6.30. The third kappa shape index (κ3) is 6.11. The Morgan fingerprint density at radius 3 is 2.00 bits per heavy atom. The van der Waals surface area contributed by atoms with Gasteiger partial charge in [-0.15, -0.1) is 0 Å². The fraction of sp³-hybridized carbons (Fsp3) is 0.176. The molecule has 2 amide bonds. The number of halogens is 4. The fourth-order valence-corrected chi connectivity index (χ4v) is 2.11. The predicted molar refractivity (Wildman–Crippen MR) is 89.4 cm³/mol. The summed E-state index contributed by atoms with van der Waals surface area (Å²) in [6.45, 7) is 0. The van der Waals surface area contributed by atoms with Crippen molar-refractivity contribution in [1.82, 2.24) is 0 Å². The number of carbonyl (C=O) groups excluding carboxylic acids is 2. The van der Waals surface area contributed by atoms with Crippen molar-refractivity contribution in [2.24, 2.45) is 0 Å². The molecule has 0 aromatic heterocycles. The van der Waals surface area contributed by atoms with Gasteiger partial charge in [0.1, 0.15) is 0 Å². The Labute approximate surface area is 147 Å². The van der Waals surface area contributed by atoms with Gasteiger partial charge in [0.15, 0.2) is 0 Å². The molecule has 2 aromatic rings. The highest BCUT2D eigenvalue weighted by atomic mass is 35.5. The zero-order valence-electron chi connectivity index (χ0n) is 12.9. The molecular weight excluding hydrogens is 357 g/mol. The van der Waals surface area contributed by atoms with Crippen LogP contribution in [0.3, 0.4) is 0 Å². The van der Waals surface area contributed by atoms with Crippen LogP contribution in [0.1, 0.15) is 18.4 Å². The standard InChI is InChI=1S/C17H14ClF3N2O2/c18-12-4-6-13(7-5-12)22-15(24)8-9-16(25)23-14-3-1-2-11(10-14)17(19,20)21/h1-7,10H,8-9H2,(H,22,24)(H,23,25). The molecule has 0 spiro atoms. The first-order chi connectivity index (χ1) is 11.7. The first-order valence-electron chi connectivity index (χ1n) is 7.26. The molecular formula is C17H14ClF3N2O2. The summed E-state index contributed by atoms with van der Waals surface area (Å²) >= 11 is 5.73. The Morgan fingerprint density at radius 1 is 0.880 bits per heavy atom. The van der Waals surface area contributed by atoms with Crippen LogP contribution in [0.4, 0.5) is 24.5 Å². The Kier molecular flexibility index (Phi) is 6.03. The topological polar surface area (TPSA) is 58.2 Å². The van der Waals surface area contributed by atoms with Crippen molar-refractivity contribution in [1.29, 1.82) is 0 Å². The molecule has 0 aliphatic rings. The molecule has 4 nitrogen and oxygen atoms in total. The summed E-state index contributed by atoms with van der Waals surface area (Å²) in [6, 6.07) is 10.7. The molecule has 0 saturated carbocycles. The van der Waals surface area contributed by atoms with Crippen LogP contribution in [0.5, 0.6) is 0 Å². The average molecular weight is 371 g/mol. The number of carbonyl (C=O) groups is 2. The number of nitrogens with one attached hydrogen (secondary N) is 2. The largest absolute Gasteiger partial charge is 0.416 e. The summed E-state index contributed by atoms with van der Waals surface area (Å²) in [7, 11) is 0. The van der Waals surface area contributed by atoms with Crippen LogP contribution < -0.4 is 10.6 Å². The molecule has 8 heteroatoms. The predicted octanol–water partition coefficient (Wildman–Crippen LogP) is 4.72. The quantitative estimate of drug-likeness (QED) is 0.800. The molecule has 25 heavy (non-hydrogen) atoms. The van der Waals surface area contributed by atoms with E-state index in [2.05, 4.69) is 10.6 Å². The van der Waals surface area contributed by atoms with Crippen molar-refractivity contribution in [2.45, 2.75) is 19.0 Å². The zero-order chi connectivity index (χ0) is 18.4. The third-order valence-corrected chi connectivity index (χ3v) is 3.43. The lowest BCUT2D eigenvalue weighted by Crippen LogP contribution is -2.17. The van der Waals surface area contributed by atoms with Gasteiger partial charge in [-0.1, -0.05) is 17.7 Å². The van der Waals surface area contributed by atoms with Gasteiger partial charge in [0.2, 0.25) is 11.8 Å². The number of alkyl halides is 3. The second-order valence-electron chi connectivity index (χ2n) is 5.18. The molecule has 0 atom stereocenters. The number of rotatable bonds is 5. The van der Waals surface area contributed by atoms with E-state index >= 15 is 0 Å². The number of amides is 2. The maximum absolute atomic E-state index is 12.6. The summed E-state index contributed by atoms with van der Waals surface area (Å²) in [6.07, 6.45) is -4.75. The Morgan fingerprint density at radius 2 is 1.44 bits per heavy atom. The van der Waals surface area contributed by atoms with Gasteiger partial charge in [-0.25, -0.2) is 0 Å². The van der Waals surface area contributed by atoms with Crippen LogP contribution in [0, 0.1) is 0 Å². The highest BCUT2D eigenvalue weighted by Gasteiger charge is 2.30. The van der Waals surface area contributed by atoms with Gasteiger partial charge in [0.25, 0.3) is 0 Å². The van der Waals surface area contributed by atoms with Crippen LogP contribution in [0.25, 0.3) is 0 Å². The molecule has 0 unspecified atom stereocenters. The van der Waals surface area contributed by atoms with Crippen LogP contribution in [-0.4, -0.2) is 11.8 Å². The van der Waals surface area contributed by atoms with E-state index in [1.165, 1.54) is 12.1 Å². The second kappa shape index (κ2) is 8.02. The van der Waals surface area contributed by atoms with E-state index in [1.54, 1.807) is 24.3 Å². The first kappa shape index (κ1) is 18.8. The molecule has 132 valence electrons. The fourth-order valence-electron chi connectivity index (χ4n) is 1.98. The smallest absolute Gasteiger partial charge is 0.326 e. The van der Waals surface area contributed by atoms with E-state index in [0.717, 1.165) is 12.1 Å². The normalized spacial score (nSPS) is 11.0. The number of hydrogen-bond acceptors (Lipinski definition) is 2. The SMILES string of the molecule is O=C(CCC(=O)Nc1cccc(C(F)(F)F)c1)Nc1ccc(Cl)cc1. The molecule has 0 saturated heterocycles. The summed E-state index contributed by atoms with van der Waals surface area (Å²) in [4.78, 5) is 23.6. The highest BCUT2D eigenvalue weighted by Crippen LogP contribution is 2.30. The maximum Gasteiger partial charge on any atom is 0.416 e. The third-order valence-electron chi connectivity index (χ3n) is 3.18. The van der Waals surface area contributed by atoms with Crippen molar-refractivity contribution in [3.8, 4) is 0 Å². The maximum atomic E-state index is 12.6.